The van der Waals surface area contributed by atoms with E-state index in [0.717, 1.165) is 70.5 Å². The van der Waals surface area contributed by atoms with Crippen molar-refractivity contribution < 1.29 is 147 Å². The number of fused-ring (bicyclic) bond motifs is 3. The van der Waals surface area contributed by atoms with Crippen molar-refractivity contribution in [2.45, 2.75) is 91.4 Å². The van der Waals surface area contributed by atoms with Gasteiger partial charge in [-0.2, -0.15) is 0 Å². The Morgan fingerprint density at radius 1 is 0.448 bits per heavy atom. The van der Waals surface area contributed by atoms with Crippen molar-refractivity contribution in [1.29, 1.82) is 0 Å². The fraction of sp³-hybridized carbons (Fsp3) is 0.319. The number of anilines is 6. The molecule has 10 heterocycles. The van der Waals surface area contributed by atoms with E-state index < -0.39 is 44.0 Å². The van der Waals surface area contributed by atoms with Gasteiger partial charge in [-0.15, -0.1) is 0 Å². The number of hydrogen-bond acceptors (Lipinski definition) is 32. The monoisotopic (exact) mass is 2310 g/mol. The number of pyridine rings is 7. The van der Waals surface area contributed by atoms with Crippen LogP contribution in [0.4, 0.5) is 89.5 Å². The molecule has 6 atom stereocenters. The number of ether oxygens (including phenoxy) is 3. The number of nitrogen functional groups attached to an aromatic ring is 4. The summed E-state index contributed by atoms with van der Waals surface area (Å²) in [4.78, 5) is 127. The van der Waals surface area contributed by atoms with Crippen molar-refractivity contribution in [2.75, 3.05) is 99.8 Å². The number of benzene rings is 4. The number of carbonyl (C=O) groups is 5. The van der Waals surface area contributed by atoms with Crippen LogP contribution >= 0.6 is 75.3 Å². The van der Waals surface area contributed by atoms with Crippen molar-refractivity contribution in [3.8, 4) is 33.4 Å². The van der Waals surface area contributed by atoms with Gasteiger partial charge >= 0.3 is 111 Å². The average Bonchev–Trinajstić information content (AvgIpc) is 1.69. The quantitative estimate of drug-likeness (QED) is 0.00770. The minimum absolute atomic E-state index is 0. The Balaban J connectivity index is 0.000000292. The van der Waals surface area contributed by atoms with E-state index in [1.807, 2.05) is 11.0 Å². The number of amides is 4. The SMILES string of the molecule is C1CC2CNCC2C1.CCOC(=O)Cc1cc(Br)cnc1[N+](=O)[O-].CCOC(=O)Cc1cncc(Br)c1.CCOC(=O)Cl.CO.Nc1cc(-c2ccc(F)cc2)cnc1[N+](=O)[O-].Nc1cc(Br)cnc1[N+](=O)[O-].Nc1cncc(Br)c1.Nc1ncc(-c2ccc(F)cc2)cc1NC(=O)N1CC2CCCC2C1.O=C(Nc1cc(-c2ccc(F)cc2)cnc1[N+](=O)[O-])N1CC2CCCC2C1.OB(O)c1ccc(F)cc1.[K+].[OH-]. The Bertz CT molecular complexity index is 6020. The van der Waals surface area contributed by atoms with Gasteiger partial charge < -0.3 is 124 Å². The minimum Gasteiger partial charge on any atom is -0.870 e. The summed E-state index contributed by atoms with van der Waals surface area (Å²) in [5, 5.41) is 75.7. The number of nitrogens with zero attached hydrogens (tertiary/aromatic N) is 13. The number of nitrogens with one attached hydrogen (secondary N) is 3. The summed E-state index contributed by atoms with van der Waals surface area (Å²) in [7, 11) is -0.513. The first kappa shape index (κ1) is 124. The van der Waals surface area contributed by atoms with Crippen LogP contribution in [0, 0.1) is 99.2 Å². The van der Waals surface area contributed by atoms with E-state index in [2.05, 4.69) is 119 Å². The van der Waals surface area contributed by atoms with E-state index in [4.69, 9.17) is 59.2 Å². The van der Waals surface area contributed by atoms with E-state index in [1.54, 1.807) is 105 Å². The molecule has 3 saturated heterocycles. The van der Waals surface area contributed by atoms with Gasteiger partial charge in [0.05, 0.1) is 58.5 Å². The molecule has 15 N–H and O–H groups in total. The fourth-order valence-corrected chi connectivity index (χ4v) is 17.1. The van der Waals surface area contributed by atoms with Gasteiger partial charge in [-0.3, -0.25) is 19.6 Å². The maximum Gasteiger partial charge on any atom is 1.00 e. The van der Waals surface area contributed by atoms with Gasteiger partial charge in [-0.25, -0.2) is 36.9 Å². The van der Waals surface area contributed by atoms with Crippen LogP contribution in [0.3, 0.4) is 0 Å². The van der Waals surface area contributed by atoms with Crippen LogP contribution in [0.15, 0.2) is 213 Å². The first-order valence-electron chi connectivity index (χ1n) is 44.2. The fourth-order valence-electron chi connectivity index (χ4n) is 15.4. The van der Waals surface area contributed by atoms with Crippen LogP contribution in [0.5, 0.6) is 0 Å². The molecule has 3 aliphatic carbocycles. The van der Waals surface area contributed by atoms with E-state index >= 15 is 0 Å². The Morgan fingerprint density at radius 3 is 1.18 bits per heavy atom. The Kier molecular flexibility index (Phi) is 54.7. The second kappa shape index (κ2) is 64.2. The number of esters is 2. The maximum absolute atomic E-state index is 13.1. The number of nitro groups is 4. The summed E-state index contributed by atoms with van der Waals surface area (Å²) in [6.07, 6.45) is 25.4. The zero-order valence-corrected chi connectivity index (χ0v) is 89.2. The number of carbonyl (C=O) groups excluding carboxylic acids is 5. The molecule has 0 spiro atoms. The third-order valence-corrected chi connectivity index (χ3v) is 23.9. The van der Waals surface area contributed by atoms with Gasteiger partial charge in [0.25, 0.3) is 0 Å². The molecule has 3 saturated carbocycles. The van der Waals surface area contributed by atoms with Crippen molar-refractivity contribution in [3.05, 3.63) is 288 Å². The molecule has 4 aromatic carbocycles. The second-order valence-electron chi connectivity index (χ2n) is 31.8. The number of halogens is 9. The molecule has 11 aromatic rings. The molecule has 6 fully saturated rings. The van der Waals surface area contributed by atoms with Crippen molar-refractivity contribution in [2.24, 2.45) is 35.5 Å². The smallest absolute Gasteiger partial charge is 0.870 e. The molecule has 40 nitrogen and oxygen atoms in total. The van der Waals surface area contributed by atoms with Crippen molar-refractivity contribution in [3.63, 3.8) is 0 Å². The summed E-state index contributed by atoms with van der Waals surface area (Å²) in [5.41, 5.74) is 28.1. The minimum atomic E-state index is -1.51. The summed E-state index contributed by atoms with van der Waals surface area (Å²) in [6.45, 7) is 11.8. The summed E-state index contributed by atoms with van der Waals surface area (Å²) < 4.78 is 67.8. The normalized spacial score (nSPS) is 15.6. The molecular weight excluding hydrogens is 2210 g/mol. The van der Waals surface area contributed by atoms with Gasteiger partial charge in [0, 0.05) is 102 Å². The van der Waals surface area contributed by atoms with Crippen LogP contribution < -0.4 is 95.7 Å². The zero-order valence-electron chi connectivity index (χ0n) is 79.0. The molecule has 768 valence electrons. The Morgan fingerprint density at radius 2 is 0.800 bits per heavy atom. The van der Waals surface area contributed by atoms with Gasteiger partial charge in [-0.05, 0) is 330 Å². The molecule has 3 aliphatic heterocycles. The third-order valence-electron chi connectivity index (χ3n) is 22.0. The first-order valence-corrected chi connectivity index (χ1v) is 47.7. The number of urea groups is 2. The molecular formula is C94H105BBr4ClF4KN20O20. The molecule has 145 heavy (non-hydrogen) atoms. The molecule has 17 rings (SSSR count). The summed E-state index contributed by atoms with van der Waals surface area (Å²) in [6, 6.07) is 33.4. The number of nitrogens with two attached hydrogens (primary N) is 4. The van der Waals surface area contributed by atoms with Gasteiger partial charge in [0.1, 0.15) is 58.5 Å². The largest absolute Gasteiger partial charge is 1.00 e. The van der Waals surface area contributed by atoms with Crippen LogP contribution in [-0.4, -0.2) is 188 Å². The maximum atomic E-state index is 13.1. The number of likely N-dealkylation sites (tertiary alicyclic amines) is 2. The van der Waals surface area contributed by atoms with Crippen LogP contribution in [0.25, 0.3) is 33.4 Å². The predicted octanol–water partition coefficient (Wildman–Crippen LogP) is 15.1. The topological polar surface area (TPSA) is 613 Å². The molecule has 6 unspecified atom stereocenters. The summed E-state index contributed by atoms with van der Waals surface area (Å²) in [5.74, 6) is 1.22. The molecule has 0 bridgehead atoms. The number of rotatable bonds is 17. The van der Waals surface area contributed by atoms with Crippen molar-refractivity contribution >= 4 is 175 Å². The molecule has 4 amide bonds. The number of hydrogen-bond donors (Lipinski definition) is 10. The van der Waals surface area contributed by atoms with Crippen molar-refractivity contribution in [1.82, 2.24) is 50.0 Å². The Hall–Kier alpha value is -11.9. The Labute approximate surface area is 912 Å². The average molecular weight is 2320 g/mol. The molecule has 0 radical (unpaired) electrons. The number of aliphatic hydroxyl groups is 1. The standard InChI is InChI=1S/C19H19FN4O3.C19H21FN4O.C11H8FN3O2.C9H9BrN2O4.C9H10BrNO2.C7H13N.C6H6BFO2.C5H4BrN3O2.C5H5BrN2.C3H5ClO2.CH4O.K.H2O/c20-16-6-4-12(5-7-16)15-8-17(18(21-9-15)24(26)27)22-19(25)23-10-13-2-1-3-14(13)11-23;20-16-6-4-12(5-7-16)15-8-17(18(21)22-9-15)23-19(25)24-10-13-2-1-3-14(13)11-24;12-9-3-1-7(2-4-9)8-5-10(13)11(14-6-8)15(16)17;1-2-16-8(13)4-6-3-7(10)5-11-9(6)12(14)15;1-2-13-9(12)4-7-3-8(10)6-11-5-7;1-2-6-4-8-5-7(6)3-1;8-6-3-1-5(2-4-6)7(9)10;6-3-1-4(7)5(8-2-3)9(10)11;6-4-1-5(7)3-8-2-4;1-2-6-3(4)5;1-2;;/h4-9,13-14H,1-3,10-11H2,(H,22,25);4-9,13-14H,1-3,10-11H2,(H2,21,22)(H,23,25);1-6H,13H2;3,5H,2,4H2,1H3;3,5-6H,2,4H2,1H3;6-8H,1-5H2;1-4,9-10H;1-2H,7H2;1-3H,7H2;2H2,1H3;2H,1H3;;1H2/q;;;;;;;;;;;+1;/p-1. The van der Waals surface area contributed by atoms with E-state index in [-0.39, 0.29) is 164 Å². The number of aliphatic hydroxyl groups excluding tert-OH is 1. The van der Waals surface area contributed by atoms with Crippen LogP contribution in [0.2, 0.25) is 0 Å². The second-order valence-corrected chi connectivity index (χ2v) is 35.8. The number of aromatic nitrogens is 7. The molecule has 6 aliphatic rings. The van der Waals surface area contributed by atoms with E-state index in [1.165, 1.54) is 168 Å². The summed E-state index contributed by atoms with van der Waals surface area (Å²) >= 11 is 17.4. The first-order chi connectivity index (χ1) is 68.3. The third kappa shape index (κ3) is 42.2. The molecule has 51 heteroatoms. The van der Waals surface area contributed by atoms with Gasteiger partial charge in [0.2, 0.25) is 0 Å². The zero-order chi connectivity index (χ0) is 105. The molecule has 7 aromatic heterocycles. The van der Waals surface area contributed by atoms with E-state index in [0.29, 0.717) is 98.0 Å². The predicted molar refractivity (Wildman–Crippen MR) is 547 cm³/mol. The van der Waals surface area contributed by atoms with Gasteiger partial charge in [-0.1, -0.05) is 67.8 Å². The van der Waals surface area contributed by atoms with Crippen LogP contribution in [-0.2, 0) is 36.6 Å². The van der Waals surface area contributed by atoms with E-state index in [9.17, 15) is 82.0 Å². The van der Waals surface area contributed by atoms with Gasteiger partial charge in [0.15, 0.2) is 12.4 Å². The van der Waals surface area contributed by atoms with Crippen LogP contribution in [0.1, 0.15) is 89.7 Å².